The third-order valence-corrected chi connectivity index (χ3v) is 3.65. The van der Waals surface area contributed by atoms with E-state index in [1.807, 2.05) is 6.07 Å². The molecule has 2 aromatic carbocycles. The lowest BCUT2D eigenvalue weighted by Gasteiger charge is -2.06. The van der Waals surface area contributed by atoms with E-state index in [2.05, 4.69) is 0 Å². The lowest BCUT2D eigenvalue weighted by molar-refractivity contribution is 0.603. The van der Waals surface area contributed by atoms with Crippen LogP contribution in [0.2, 0.25) is 0 Å². The summed E-state index contributed by atoms with van der Waals surface area (Å²) in [6.07, 6.45) is 0. The maximum atomic E-state index is 13.1. The van der Waals surface area contributed by atoms with Gasteiger partial charge in [-0.2, -0.15) is 0 Å². The van der Waals surface area contributed by atoms with Gasteiger partial charge in [0.15, 0.2) is 0 Å². The Balaban J connectivity index is 2.71. The van der Waals surface area contributed by atoms with E-state index in [9.17, 15) is 12.8 Å². The van der Waals surface area contributed by atoms with Crippen LogP contribution in [0, 0.1) is 5.82 Å². The van der Waals surface area contributed by atoms with Gasteiger partial charge in [0.05, 0.1) is 4.90 Å². The van der Waals surface area contributed by atoms with Crippen molar-refractivity contribution in [1.82, 2.24) is 0 Å². The average molecular weight is 271 g/mol. The molecule has 0 unspecified atom stereocenters. The molecular weight excluding hydrogens is 263 g/mol. The maximum absolute atomic E-state index is 13.1. The van der Waals surface area contributed by atoms with E-state index in [0.717, 1.165) is 6.07 Å². The van der Waals surface area contributed by atoms with Gasteiger partial charge in [-0.1, -0.05) is 36.4 Å². The zero-order valence-electron chi connectivity index (χ0n) is 8.60. The van der Waals surface area contributed by atoms with Gasteiger partial charge in [0.1, 0.15) is 5.82 Å². The van der Waals surface area contributed by atoms with Crippen LogP contribution in [0.1, 0.15) is 0 Å². The fraction of sp³-hybridized carbons (Fsp3) is 0. The van der Waals surface area contributed by atoms with E-state index in [1.165, 1.54) is 12.1 Å². The van der Waals surface area contributed by atoms with Gasteiger partial charge in [0.2, 0.25) is 0 Å². The summed E-state index contributed by atoms with van der Waals surface area (Å²) >= 11 is 0. The van der Waals surface area contributed by atoms with E-state index in [1.54, 1.807) is 24.3 Å². The Labute approximate surface area is 103 Å². The summed E-state index contributed by atoms with van der Waals surface area (Å²) in [5.41, 5.74) is 1.06. The molecule has 2 nitrogen and oxygen atoms in total. The minimum atomic E-state index is -3.97. The summed E-state index contributed by atoms with van der Waals surface area (Å²) in [5.74, 6) is -0.635. The van der Waals surface area contributed by atoms with Crippen molar-refractivity contribution in [3.63, 3.8) is 0 Å². The average Bonchev–Trinajstić information content (AvgIpc) is 2.29. The minimum absolute atomic E-state index is 0.217. The van der Waals surface area contributed by atoms with Gasteiger partial charge in [-0.25, -0.2) is 12.8 Å². The van der Waals surface area contributed by atoms with Crippen LogP contribution in [0.25, 0.3) is 11.1 Å². The molecule has 0 heterocycles. The van der Waals surface area contributed by atoms with Crippen molar-refractivity contribution in [2.75, 3.05) is 0 Å². The monoisotopic (exact) mass is 270 g/mol. The first-order valence-corrected chi connectivity index (χ1v) is 7.09. The van der Waals surface area contributed by atoms with E-state index in [0.29, 0.717) is 11.1 Å². The molecule has 0 aliphatic rings. The van der Waals surface area contributed by atoms with Crippen LogP contribution >= 0.6 is 10.7 Å². The van der Waals surface area contributed by atoms with Crippen LogP contribution in [0.3, 0.4) is 0 Å². The van der Waals surface area contributed by atoms with Gasteiger partial charge in [0, 0.05) is 16.2 Å². The molecule has 88 valence electrons. The summed E-state index contributed by atoms with van der Waals surface area (Å²) in [6.45, 7) is 0. The molecule has 0 aromatic heterocycles. The first-order chi connectivity index (χ1) is 7.98. The Morgan fingerprint density at radius 3 is 2.24 bits per heavy atom. The molecule has 0 bridgehead atoms. The lowest BCUT2D eigenvalue weighted by atomic mass is 10.1. The molecule has 0 aliphatic heterocycles. The van der Waals surface area contributed by atoms with Gasteiger partial charge < -0.3 is 0 Å². The molecule has 0 fully saturated rings. The summed E-state index contributed by atoms with van der Waals surface area (Å²) in [6, 6.07) is 12.3. The highest BCUT2D eigenvalue weighted by Crippen LogP contribution is 2.29. The second kappa shape index (κ2) is 4.47. The number of rotatable bonds is 2. The van der Waals surface area contributed by atoms with E-state index in [4.69, 9.17) is 10.7 Å². The van der Waals surface area contributed by atoms with Crippen molar-refractivity contribution in [2.45, 2.75) is 4.90 Å². The molecule has 0 N–H and O–H groups in total. The quantitative estimate of drug-likeness (QED) is 0.784. The number of halogens is 2. The predicted octanol–water partition coefficient (Wildman–Crippen LogP) is 3.42. The van der Waals surface area contributed by atoms with Crippen LogP contribution in [0.15, 0.2) is 53.4 Å². The third-order valence-electron chi connectivity index (χ3n) is 2.29. The van der Waals surface area contributed by atoms with Gasteiger partial charge in [-0.3, -0.25) is 0 Å². The maximum Gasteiger partial charge on any atom is 0.262 e. The Bertz CT molecular complexity index is 639. The molecule has 2 aromatic rings. The number of benzene rings is 2. The van der Waals surface area contributed by atoms with Crippen molar-refractivity contribution in [3.8, 4) is 11.1 Å². The molecule has 2 rings (SSSR count). The Kier molecular flexibility index (Phi) is 3.17. The van der Waals surface area contributed by atoms with E-state index in [-0.39, 0.29) is 4.90 Å². The second-order valence-corrected chi connectivity index (χ2v) is 5.98. The highest BCUT2D eigenvalue weighted by molar-refractivity contribution is 8.13. The third kappa shape index (κ3) is 2.65. The fourth-order valence-corrected chi connectivity index (χ4v) is 2.64. The van der Waals surface area contributed by atoms with Crippen molar-refractivity contribution in [3.05, 3.63) is 54.3 Å². The Morgan fingerprint density at radius 2 is 1.65 bits per heavy atom. The predicted molar refractivity (Wildman–Crippen MR) is 64.9 cm³/mol. The van der Waals surface area contributed by atoms with Gasteiger partial charge >= 0.3 is 0 Å². The van der Waals surface area contributed by atoms with Gasteiger partial charge in [-0.15, -0.1) is 0 Å². The highest BCUT2D eigenvalue weighted by atomic mass is 35.7. The Hall–Kier alpha value is -1.39. The fourth-order valence-electron chi connectivity index (χ4n) is 1.55. The van der Waals surface area contributed by atoms with Crippen LogP contribution in [-0.4, -0.2) is 8.42 Å². The minimum Gasteiger partial charge on any atom is -0.207 e. The molecule has 0 amide bonds. The van der Waals surface area contributed by atoms with Crippen molar-refractivity contribution < 1.29 is 12.8 Å². The smallest absolute Gasteiger partial charge is 0.207 e. The second-order valence-electron chi connectivity index (χ2n) is 3.44. The van der Waals surface area contributed by atoms with Crippen molar-refractivity contribution in [1.29, 1.82) is 0 Å². The van der Waals surface area contributed by atoms with Crippen molar-refractivity contribution in [2.24, 2.45) is 0 Å². The SMILES string of the molecule is O=S(=O)(Cl)c1cc(F)ccc1-c1ccccc1. The van der Waals surface area contributed by atoms with Crippen LogP contribution in [0.5, 0.6) is 0 Å². The molecule has 17 heavy (non-hydrogen) atoms. The van der Waals surface area contributed by atoms with Crippen LogP contribution < -0.4 is 0 Å². The first kappa shape index (κ1) is 12.1. The topological polar surface area (TPSA) is 34.1 Å². The highest BCUT2D eigenvalue weighted by Gasteiger charge is 2.17. The molecule has 0 saturated carbocycles. The molecule has 0 radical (unpaired) electrons. The van der Waals surface area contributed by atoms with Gasteiger partial charge in [-0.05, 0) is 17.7 Å². The molecular formula is C12H8ClFO2S. The summed E-state index contributed by atoms with van der Waals surface area (Å²) in [5, 5.41) is 0. The summed E-state index contributed by atoms with van der Waals surface area (Å²) in [4.78, 5) is -0.217. The van der Waals surface area contributed by atoms with Crippen LogP contribution in [-0.2, 0) is 9.05 Å². The zero-order chi connectivity index (χ0) is 12.5. The zero-order valence-corrected chi connectivity index (χ0v) is 10.2. The molecule has 5 heteroatoms. The van der Waals surface area contributed by atoms with Gasteiger partial charge in [0.25, 0.3) is 9.05 Å². The lowest BCUT2D eigenvalue weighted by Crippen LogP contribution is -1.95. The van der Waals surface area contributed by atoms with Crippen LogP contribution in [0.4, 0.5) is 4.39 Å². The summed E-state index contributed by atoms with van der Waals surface area (Å²) < 4.78 is 35.8. The molecule has 0 aliphatic carbocycles. The largest absolute Gasteiger partial charge is 0.262 e. The number of hydrogen-bond donors (Lipinski definition) is 0. The molecule has 0 spiro atoms. The summed E-state index contributed by atoms with van der Waals surface area (Å²) in [7, 11) is 1.32. The molecule has 0 saturated heterocycles. The molecule has 0 atom stereocenters. The Morgan fingerprint density at radius 1 is 1.00 bits per heavy atom. The normalized spacial score (nSPS) is 11.4. The van der Waals surface area contributed by atoms with Crippen molar-refractivity contribution >= 4 is 19.7 Å². The van der Waals surface area contributed by atoms with E-state index >= 15 is 0 Å². The standard InChI is InChI=1S/C12H8ClFO2S/c13-17(15,16)12-8-10(14)6-7-11(12)9-4-2-1-3-5-9/h1-8H. The van der Waals surface area contributed by atoms with E-state index < -0.39 is 14.9 Å². The number of hydrogen-bond acceptors (Lipinski definition) is 2. The first-order valence-electron chi connectivity index (χ1n) is 4.78.